The van der Waals surface area contributed by atoms with Gasteiger partial charge in [-0.1, -0.05) is 12.1 Å². The number of benzene rings is 1. The molecule has 0 saturated carbocycles. The van der Waals surface area contributed by atoms with Gasteiger partial charge in [-0.05, 0) is 31.2 Å². The van der Waals surface area contributed by atoms with Gasteiger partial charge in [-0.25, -0.2) is 14.4 Å². The van der Waals surface area contributed by atoms with Gasteiger partial charge in [0.25, 0.3) is 0 Å². The summed E-state index contributed by atoms with van der Waals surface area (Å²) in [6.45, 7) is 0. The maximum absolute atomic E-state index is 14.1. The van der Waals surface area contributed by atoms with E-state index in [1.54, 1.807) is 24.4 Å². The van der Waals surface area contributed by atoms with E-state index in [-0.39, 0.29) is 17.6 Å². The standard InChI is InChI=1S/C14H16FN3O/c1-16-12(11-6-7-17-9-18-11)8-10-4-3-5-13(19-2)14(10)15/h3-7,9,12,16H,8H2,1-2H3. The molecule has 1 N–H and O–H groups in total. The van der Waals surface area contributed by atoms with E-state index in [2.05, 4.69) is 15.3 Å². The lowest BCUT2D eigenvalue weighted by molar-refractivity contribution is 0.382. The third kappa shape index (κ3) is 3.06. The van der Waals surface area contributed by atoms with E-state index >= 15 is 0 Å². The van der Waals surface area contributed by atoms with E-state index in [0.29, 0.717) is 12.0 Å². The van der Waals surface area contributed by atoms with Crippen LogP contribution in [0.25, 0.3) is 0 Å². The van der Waals surface area contributed by atoms with Crippen LogP contribution in [0.3, 0.4) is 0 Å². The summed E-state index contributed by atoms with van der Waals surface area (Å²) in [4.78, 5) is 8.07. The molecule has 1 aromatic heterocycles. The summed E-state index contributed by atoms with van der Waals surface area (Å²) in [6.07, 6.45) is 3.66. The Labute approximate surface area is 111 Å². The van der Waals surface area contributed by atoms with Gasteiger partial charge < -0.3 is 10.1 Å². The van der Waals surface area contributed by atoms with Gasteiger partial charge in [-0.15, -0.1) is 0 Å². The highest BCUT2D eigenvalue weighted by atomic mass is 19.1. The molecule has 1 atom stereocenters. The lowest BCUT2D eigenvalue weighted by Gasteiger charge is -2.16. The molecule has 0 aliphatic carbocycles. The molecule has 1 unspecified atom stereocenters. The smallest absolute Gasteiger partial charge is 0.168 e. The Hall–Kier alpha value is -2.01. The average molecular weight is 261 g/mol. The molecule has 2 aromatic rings. The Kier molecular flexibility index (Phi) is 4.41. The molecule has 0 fully saturated rings. The number of hydrogen-bond acceptors (Lipinski definition) is 4. The van der Waals surface area contributed by atoms with Gasteiger partial charge in [0.15, 0.2) is 11.6 Å². The minimum absolute atomic E-state index is 0.0652. The van der Waals surface area contributed by atoms with Crippen LogP contribution in [-0.2, 0) is 6.42 Å². The fourth-order valence-corrected chi connectivity index (χ4v) is 1.95. The van der Waals surface area contributed by atoms with Gasteiger partial charge >= 0.3 is 0 Å². The first-order valence-electron chi connectivity index (χ1n) is 6.00. The fourth-order valence-electron chi connectivity index (χ4n) is 1.95. The summed E-state index contributed by atoms with van der Waals surface area (Å²) in [7, 11) is 3.28. The highest BCUT2D eigenvalue weighted by Crippen LogP contribution is 2.24. The first kappa shape index (κ1) is 13.4. The Morgan fingerprint density at radius 3 is 2.84 bits per heavy atom. The minimum Gasteiger partial charge on any atom is -0.494 e. The summed E-state index contributed by atoms with van der Waals surface area (Å²) < 4.78 is 19.1. The van der Waals surface area contributed by atoms with Crippen molar-refractivity contribution >= 4 is 0 Å². The molecule has 0 aliphatic heterocycles. The maximum Gasteiger partial charge on any atom is 0.168 e. The molecular formula is C14H16FN3O. The number of halogens is 1. The Morgan fingerprint density at radius 2 is 2.21 bits per heavy atom. The van der Waals surface area contributed by atoms with Gasteiger partial charge in [0.1, 0.15) is 6.33 Å². The second kappa shape index (κ2) is 6.24. The lowest BCUT2D eigenvalue weighted by atomic mass is 10.0. The molecule has 1 heterocycles. The molecule has 2 rings (SSSR count). The summed E-state index contributed by atoms with van der Waals surface area (Å²) in [6, 6.07) is 6.90. The lowest BCUT2D eigenvalue weighted by Crippen LogP contribution is -2.20. The summed E-state index contributed by atoms with van der Waals surface area (Å²) in [5.41, 5.74) is 1.43. The van der Waals surface area contributed by atoms with Crippen molar-refractivity contribution in [3.63, 3.8) is 0 Å². The zero-order chi connectivity index (χ0) is 13.7. The van der Waals surface area contributed by atoms with E-state index in [1.165, 1.54) is 13.4 Å². The van der Waals surface area contributed by atoms with Crippen molar-refractivity contribution in [2.75, 3.05) is 14.2 Å². The number of hydrogen-bond donors (Lipinski definition) is 1. The fraction of sp³-hybridized carbons (Fsp3) is 0.286. The number of nitrogens with one attached hydrogen (secondary N) is 1. The quantitative estimate of drug-likeness (QED) is 0.895. The van der Waals surface area contributed by atoms with Crippen LogP contribution >= 0.6 is 0 Å². The zero-order valence-corrected chi connectivity index (χ0v) is 10.9. The zero-order valence-electron chi connectivity index (χ0n) is 10.9. The molecule has 1 aromatic carbocycles. The van der Waals surface area contributed by atoms with Crippen LogP contribution in [0.1, 0.15) is 17.3 Å². The predicted molar refractivity (Wildman–Crippen MR) is 70.5 cm³/mol. The third-order valence-electron chi connectivity index (χ3n) is 3.00. The van der Waals surface area contributed by atoms with Crippen LogP contribution in [0, 0.1) is 5.82 Å². The van der Waals surface area contributed by atoms with Crippen molar-refractivity contribution in [2.24, 2.45) is 0 Å². The second-order valence-electron chi connectivity index (χ2n) is 4.11. The number of likely N-dealkylation sites (N-methyl/N-ethyl adjacent to an activating group) is 1. The van der Waals surface area contributed by atoms with Crippen LogP contribution in [0.2, 0.25) is 0 Å². The molecule has 0 amide bonds. The summed E-state index contributed by atoms with van der Waals surface area (Å²) in [5, 5.41) is 3.13. The molecule has 0 spiro atoms. The van der Waals surface area contributed by atoms with Crippen molar-refractivity contribution in [3.8, 4) is 5.75 Å². The molecule has 0 bridgehead atoms. The highest BCUT2D eigenvalue weighted by Gasteiger charge is 2.15. The maximum atomic E-state index is 14.1. The number of aromatic nitrogens is 2. The van der Waals surface area contributed by atoms with Gasteiger partial charge in [0.05, 0.1) is 18.8 Å². The van der Waals surface area contributed by atoms with E-state index < -0.39 is 0 Å². The van der Waals surface area contributed by atoms with Crippen LogP contribution < -0.4 is 10.1 Å². The van der Waals surface area contributed by atoms with Crippen molar-refractivity contribution in [2.45, 2.75) is 12.5 Å². The van der Waals surface area contributed by atoms with Crippen LogP contribution in [0.5, 0.6) is 5.75 Å². The number of rotatable bonds is 5. The van der Waals surface area contributed by atoms with Crippen LogP contribution in [-0.4, -0.2) is 24.1 Å². The Balaban J connectivity index is 2.24. The van der Waals surface area contributed by atoms with Gasteiger partial charge in [-0.3, -0.25) is 0 Å². The summed E-state index contributed by atoms with van der Waals surface area (Å²) >= 11 is 0. The highest BCUT2D eigenvalue weighted by molar-refractivity contribution is 5.32. The average Bonchev–Trinajstić information content (AvgIpc) is 2.47. The molecule has 4 nitrogen and oxygen atoms in total. The second-order valence-corrected chi connectivity index (χ2v) is 4.11. The Morgan fingerprint density at radius 1 is 1.37 bits per heavy atom. The molecular weight excluding hydrogens is 245 g/mol. The van der Waals surface area contributed by atoms with Crippen LogP contribution in [0.4, 0.5) is 4.39 Å². The van der Waals surface area contributed by atoms with Crippen molar-refractivity contribution in [3.05, 3.63) is 53.9 Å². The number of ether oxygens (including phenoxy) is 1. The van der Waals surface area contributed by atoms with Gasteiger partial charge in [0, 0.05) is 6.20 Å². The third-order valence-corrected chi connectivity index (χ3v) is 3.00. The largest absolute Gasteiger partial charge is 0.494 e. The number of nitrogens with zero attached hydrogens (tertiary/aromatic N) is 2. The van der Waals surface area contributed by atoms with E-state index in [4.69, 9.17) is 4.74 Å². The van der Waals surface area contributed by atoms with Gasteiger partial charge in [0.2, 0.25) is 0 Å². The molecule has 0 saturated heterocycles. The predicted octanol–water partition coefficient (Wildman–Crippen LogP) is 2.13. The molecule has 0 aliphatic rings. The SMILES string of the molecule is CNC(Cc1cccc(OC)c1F)c1ccncn1. The van der Waals surface area contributed by atoms with Crippen LogP contribution in [0.15, 0.2) is 36.8 Å². The molecule has 0 radical (unpaired) electrons. The first-order chi connectivity index (χ1) is 9.26. The summed E-state index contributed by atoms with van der Waals surface area (Å²) in [5.74, 6) is -0.0608. The van der Waals surface area contributed by atoms with Crippen molar-refractivity contribution in [1.29, 1.82) is 0 Å². The van der Waals surface area contributed by atoms with E-state index in [9.17, 15) is 4.39 Å². The first-order valence-corrected chi connectivity index (χ1v) is 6.00. The van der Waals surface area contributed by atoms with E-state index in [1.807, 2.05) is 13.1 Å². The monoisotopic (exact) mass is 261 g/mol. The molecule has 100 valence electrons. The van der Waals surface area contributed by atoms with Gasteiger partial charge in [-0.2, -0.15) is 0 Å². The van der Waals surface area contributed by atoms with Crippen molar-refractivity contribution < 1.29 is 9.13 Å². The number of methoxy groups -OCH3 is 1. The topological polar surface area (TPSA) is 47.0 Å². The van der Waals surface area contributed by atoms with E-state index in [0.717, 1.165) is 5.69 Å². The molecule has 19 heavy (non-hydrogen) atoms. The molecule has 5 heteroatoms. The normalized spacial score (nSPS) is 12.2. The minimum atomic E-state index is -0.320. The Bertz CT molecular complexity index is 533. The van der Waals surface area contributed by atoms with Crippen molar-refractivity contribution in [1.82, 2.24) is 15.3 Å².